The Balaban J connectivity index is 1.72. The number of aromatic nitrogens is 5. The molecule has 1 saturated heterocycles. The first kappa shape index (κ1) is 18.2. The molecule has 0 aliphatic carbocycles. The third-order valence-corrected chi connectivity index (χ3v) is 4.89. The van der Waals surface area contributed by atoms with Crippen molar-refractivity contribution >= 4 is 5.91 Å². The molecule has 0 unspecified atom stereocenters. The Morgan fingerprint density at radius 2 is 1.89 bits per heavy atom. The molecule has 9 heteroatoms. The van der Waals surface area contributed by atoms with Crippen LogP contribution in [0.2, 0.25) is 0 Å². The summed E-state index contributed by atoms with van der Waals surface area (Å²) < 4.78 is 8.59. The van der Waals surface area contributed by atoms with Crippen molar-refractivity contribution in [2.24, 2.45) is 7.05 Å². The number of hydrogen-bond donors (Lipinski definition) is 0. The third-order valence-electron chi connectivity index (χ3n) is 4.89. The number of carbonyl (C=O) groups excluding carboxylic acids is 1. The van der Waals surface area contributed by atoms with Gasteiger partial charge in [0.15, 0.2) is 5.69 Å². The van der Waals surface area contributed by atoms with Gasteiger partial charge in [0.25, 0.3) is 5.91 Å². The second-order valence-electron chi connectivity index (χ2n) is 6.88. The molecule has 0 atom stereocenters. The molecule has 1 amide bonds. The van der Waals surface area contributed by atoms with Crippen molar-refractivity contribution in [3.8, 4) is 22.8 Å². The summed E-state index contributed by atoms with van der Waals surface area (Å²) in [6.45, 7) is 3.14. The van der Waals surface area contributed by atoms with E-state index >= 15 is 0 Å². The molecule has 0 bridgehead atoms. The van der Waals surface area contributed by atoms with Crippen LogP contribution in [-0.2, 0) is 7.05 Å². The smallest absolute Gasteiger partial charge is 0.274 e. The SMILES string of the molecule is COc1ccc(-n2nc(C(=O)N3CCN(C)CC3)cc2-c2cnn(C)c2)cn1. The number of pyridine rings is 1. The predicted molar refractivity (Wildman–Crippen MR) is 104 cm³/mol. The Morgan fingerprint density at radius 1 is 1.11 bits per heavy atom. The maximum Gasteiger partial charge on any atom is 0.274 e. The molecule has 3 aromatic heterocycles. The molecular formula is C19H23N7O2. The highest BCUT2D eigenvalue weighted by Crippen LogP contribution is 2.25. The fraction of sp³-hybridized carbons (Fsp3) is 0.368. The molecule has 1 fully saturated rings. The number of methoxy groups -OCH3 is 1. The number of likely N-dealkylation sites (N-methyl/N-ethyl adjacent to an activating group) is 1. The van der Waals surface area contributed by atoms with Crippen LogP contribution < -0.4 is 4.74 Å². The van der Waals surface area contributed by atoms with Crippen LogP contribution >= 0.6 is 0 Å². The molecule has 28 heavy (non-hydrogen) atoms. The summed E-state index contributed by atoms with van der Waals surface area (Å²) >= 11 is 0. The van der Waals surface area contributed by atoms with Gasteiger partial charge in [-0.15, -0.1) is 0 Å². The van der Waals surface area contributed by atoms with Crippen LogP contribution in [0.3, 0.4) is 0 Å². The first-order valence-corrected chi connectivity index (χ1v) is 9.12. The van der Waals surface area contributed by atoms with Gasteiger partial charge < -0.3 is 14.5 Å². The molecule has 4 heterocycles. The van der Waals surface area contributed by atoms with Gasteiger partial charge in [-0.05, 0) is 19.2 Å². The molecule has 0 aromatic carbocycles. The molecular weight excluding hydrogens is 358 g/mol. The Kier molecular flexibility index (Phi) is 4.82. The van der Waals surface area contributed by atoms with Crippen LogP contribution in [0.4, 0.5) is 0 Å². The van der Waals surface area contributed by atoms with Crippen molar-refractivity contribution in [1.29, 1.82) is 0 Å². The first-order valence-electron chi connectivity index (χ1n) is 9.12. The zero-order chi connectivity index (χ0) is 19.7. The average molecular weight is 381 g/mol. The van der Waals surface area contributed by atoms with Crippen LogP contribution in [0, 0.1) is 0 Å². The van der Waals surface area contributed by atoms with Crippen LogP contribution in [-0.4, -0.2) is 80.6 Å². The van der Waals surface area contributed by atoms with Crippen molar-refractivity contribution in [2.75, 3.05) is 40.3 Å². The van der Waals surface area contributed by atoms with Crippen molar-refractivity contribution in [3.63, 3.8) is 0 Å². The molecule has 1 aliphatic heterocycles. The lowest BCUT2D eigenvalue weighted by atomic mass is 10.2. The molecule has 0 N–H and O–H groups in total. The highest BCUT2D eigenvalue weighted by atomic mass is 16.5. The third kappa shape index (κ3) is 3.48. The normalized spacial score (nSPS) is 15.0. The monoisotopic (exact) mass is 381 g/mol. The second kappa shape index (κ2) is 7.43. The predicted octanol–water partition coefficient (Wildman–Crippen LogP) is 1.06. The van der Waals surface area contributed by atoms with Crippen molar-refractivity contribution in [1.82, 2.24) is 34.3 Å². The molecule has 0 spiro atoms. The molecule has 3 aromatic rings. The highest BCUT2D eigenvalue weighted by molar-refractivity contribution is 5.93. The molecule has 0 radical (unpaired) electrons. The van der Waals surface area contributed by atoms with Gasteiger partial charge in [0.2, 0.25) is 5.88 Å². The summed E-state index contributed by atoms with van der Waals surface area (Å²) in [6.07, 6.45) is 5.33. The van der Waals surface area contributed by atoms with E-state index in [0.717, 1.165) is 30.0 Å². The first-order chi connectivity index (χ1) is 13.5. The molecule has 0 saturated carbocycles. The van der Waals surface area contributed by atoms with E-state index in [1.807, 2.05) is 30.3 Å². The topological polar surface area (TPSA) is 81.3 Å². The van der Waals surface area contributed by atoms with Gasteiger partial charge >= 0.3 is 0 Å². The number of piperazine rings is 1. The Morgan fingerprint density at radius 3 is 2.50 bits per heavy atom. The van der Waals surface area contributed by atoms with Gasteiger partial charge in [-0.25, -0.2) is 9.67 Å². The van der Waals surface area contributed by atoms with E-state index in [0.29, 0.717) is 24.7 Å². The lowest BCUT2D eigenvalue weighted by Crippen LogP contribution is -2.47. The number of aryl methyl sites for hydroxylation is 1. The summed E-state index contributed by atoms with van der Waals surface area (Å²) in [5.74, 6) is 0.464. The molecule has 9 nitrogen and oxygen atoms in total. The van der Waals surface area contributed by atoms with Gasteiger partial charge in [0.1, 0.15) is 0 Å². The highest BCUT2D eigenvalue weighted by Gasteiger charge is 2.24. The van der Waals surface area contributed by atoms with Gasteiger partial charge in [-0.1, -0.05) is 0 Å². The minimum Gasteiger partial charge on any atom is -0.481 e. The standard InChI is InChI=1S/C19H23N7O2/c1-23-6-8-25(9-7-23)19(27)16-10-17(14-11-21-24(2)13-14)26(22-16)15-4-5-18(28-3)20-12-15/h4-5,10-13H,6-9H2,1-3H3. The van der Waals surface area contributed by atoms with Crippen molar-refractivity contribution < 1.29 is 9.53 Å². The van der Waals surface area contributed by atoms with Crippen molar-refractivity contribution in [2.45, 2.75) is 0 Å². The summed E-state index contributed by atoms with van der Waals surface area (Å²) in [5.41, 5.74) is 2.83. The maximum absolute atomic E-state index is 13.0. The summed E-state index contributed by atoms with van der Waals surface area (Å²) in [6, 6.07) is 5.46. The minimum absolute atomic E-state index is 0.0570. The van der Waals surface area contributed by atoms with E-state index in [1.54, 1.807) is 34.9 Å². The molecule has 4 rings (SSSR count). The maximum atomic E-state index is 13.0. The van der Waals surface area contributed by atoms with E-state index in [1.165, 1.54) is 0 Å². The average Bonchev–Trinajstić information content (AvgIpc) is 3.34. The lowest BCUT2D eigenvalue weighted by molar-refractivity contribution is 0.0657. The van der Waals surface area contributed by atoms with E-state index < -0.39 is 0 Å². The Bertz CT molecular complexity index is 969. The summed E-state index contributed by atoms with van der Waals surface area (Å²) in [4.78, 5) is 21.3. The zero-order valence-electron chi connectivity index (χ0n) is 16.2. The van der Waals surface area contributed by atoms with Crippen LogP contribution in [0.5, 0.6) is 5.88 Å². The number of ether oxygens (including phenoxy) is 1. The number of rotatable bonds is 4. The number of carbonyl (C=O) groups is 1. The van der Waals surface area contributed by atoms with Gasteiger partial charge in [0, 0.05) is 51.1 Å². The largest absolute Gasteiger partial charge is 0.481 e. The fourth-order valence-corrected chi connectivity index (χ4v) is 3.23. The molecule has 146 valence electrons. The Labute approximate surface area is 163 Å². The second-order valence-corrected chi connectivity index (χ2v) is 6.88. The van der Waals surface area contributed by atoms with Gasteiger partial charge in [-0.3, -0.25) is 9.48 Å². The van der Waals surface area contributed by atoms with Crippen LogP contribution in [0.15, 0.2) is 36.8 Å². The summed E-state index contributed by atoms with van der Waals surface area (Å²) in [7, 11) is 5.49. The van der Waals surface area contributed by atoms with Gasteiger partial charge in [0.05, 0.1) is 30.9 Å². The number of amides is 1. The van der Waals surface area contributed by atoms with E-state index in [4.69, 9.17) is 4.74 Å². The van der Waals surface area contributed by atoms with Crippen LogP contribution in [0.1, 0.15) is 10.5 Å². The van der Waals surface area contributed by atoms with Gasteiger partial charge in [-0.2, -0.15) is 10.2 Å². The van der Waals surface area contributed by atoms with Crippen LogP contribution in [0.25, 0.3) is 16.9 Å². The van der Waals surface area contributed by atoms with Crippen molar-refractivity contribution in [3.05, 3.63) is 42.5 Å². The fourth-order valence-electron chi connectivity index (χ4n) is 3.23. The molecule has 1 aliphatic rings. The quantitative estimate of drug-likeness (QED) is 0.672. The zero-order valence-corrected chi connectivity index (χ0v) is 16.2. The van der Waals surface area contributed by atoms with E-state index in [9.17, 15) is 4.79 Å². The Hall–Kier alpha value is -3.20. The summed E-state index contributed by atoms with van der Waals surface area (Å²) in [5, 5.41) is 8.86. The number of hydrogen-bond acceptors (Lipinski definition) is 6. The van der Waals surface area contributed by atoms with E-state index in [-0.39, 0.29) is 5.91 Å². The lowest BCUT2D eigenvalue weighted by Gasteiger charge is -2.31. The minimum atomic E-state index is -0.0570. The number of nitrogens with zero attached hydrogens (tertiary/aromatic N) is 7. The van der Waals surface area contributed by atoms with E-state index in [2.05, 4.69) is 27.1 Å².